The highest BCUT2D eigenvalue weighted by Gasteiger charge is 2.10. The average molecular weight is 321 g/mol. The van der Waals surface area contributed by atoms with E-state index in [0.717, 1.165) is 33.7 Å². The molecule has 0 bridgehead atoms. The number of nitrogens with one attached hydrogen (secondary N) is 1. The molecule has 15 heavy (non-hydrogen) atoms. The number of anilines is 1. The van der Waals surface area contributed by atoms with Gasteiger partial charge in [0, 0.05) is 14.2 Å². The van der Waals surface area contributed by atoms with E-state index in [0.29, 0.717) is 6.61 Å². The van der Waals surface area contributed by atoms with Crippen LogP contribution in [0.2, 0.25) is 0 Å². The molecule has 0 radical (unpaired) electrons. The van der Waals surface area contributed by atoms with Crippen molar-refractivity contribution in [3.63, 3.8) is 0 Å². The van der Waals surface area contributed by atoms with Crippen LogP contribution in [0, 0.1) is 3.57 Å². The Labute approximate surface area is 104 Å². The zero-order valence-electron chi connectivity index (χ0n) is 9.30. The van der Waals surface area contributed by atoms with Crippen LogP contribution in [0.25, 0.3) is 0 Å². The van der Waals surface area contributed by atoms with Crippen LogP contribution in [0.3, 0.4) is 0 Å². The molecule has 0 unspecified atom stereocenters. The standard InChI is InChI=1S/C10H16IN3O/c1-4-5-7-9(11)10(12-2)14-8(13-7)6-15-3/h4-6H2,1-3H3,(H,12,13,14). The maximum Gasteiger partial charge on any atom is 0.156 e. The van der Waals surface area contributed by atoms with Gasteiger partial charge in [0.05, 0.1) is 9.26 Å². The molecule has 0 aromatic carbocycles. The molecule has 0 atom stereocenters. The van der Waals surface area contributed by atoms with Gasteiger partial charge >= 0.3 is 0 Å². The zero-order chi connectivity index (χ0) is 11.3. The second kappa shape index (κ2) is 6.22. The largest absolute Gasteiger partial charge is 0.377 e. The Morgan fingerprint density at radius 1 is 1.40 bits per heavy atom. The van der Waals surface area contributed by atoms with E-state index >= 15 is 0 Å². The molecule has 84 valence electrons. The van der Waals surface area contributed by atoms with Crippen molar-refractivity contribution in [3.05, 3.63) is 15.1 Å². The monoisotopic (exact) mass is 321 g/mol. The maximum atomic E-state index is 5.05. The van der Waals surface area contributed by atoms with Crippen molar-refractivity contribution < 1.29 is 4.74 Å². The number of methoxy groups -OCH3 is 1. The number of halogens is 1. The average Bonchev–Trinajstić information content (AvgIpc) is 2.23. The Hall–Kier alpha value is -0.430. The molecule has 5 heteroatoms. The normalized spacial score (nSPS) is 10.4. The third-order valence-corrected chi connectivity index (χ3v) is 3.10. The second-order valence-corrected chi connectivity index (χ2v) is 4.26. The van der Waals surface area contributed by atoms with Crippen LogP contribution >= 0.6 is 22.6 Å². The summed E-state index contributed by atoms with van der Waals surface area (Å²) in [6.07, 6.45) is 2.06. The number of hydrogen-bond donors (Lipinski definition) is 1. The van der Waals surface area contributed by atoms with E-state index in [4.69, 9.17) is 4.74 Å². The van der Waals surface area contributed by atoms with Gasteiger partial charge in [-0.1, -0.05) is 13.3 Å². The van der Waals surface area contributed by atoms with Crippen molar-refractivity contribution in [2.75, 3.05) is 19.5 Å². The highest BCUT2D eigenvalue weighted by Crippen LogP contribution is 2.20. The summed E-state index contributed by atoms with van der Waals surface area (Å²) in [7, 11) is 3.52. The van der Waals surface area contributed by atoms with E-state index in [2.05, 4.69) is 44.8 Å². The Morgan fingerprint density at radius 3 is 2.67 bits per heavy atom. The fourth-order valence-corrected chi connectivity index (χ4v) is 2.09. The number of rotatable bonds is 5. The summed E-state index contributed by atoms with van der Waals surface area (Å²) < 4.78 is 6.15. The van der Waals surface area contributed by atoms with Crippen molar-refractivity contribution in [1.29, 1.82) is 0 Å². The molecule has 0 spiro atoms. The molecule has 0 aliphatic carbocycles. The Bertz CT molecular complexity index is 331. The molecule has 0 fully saturated rings. The maximum absolute atomic E-state index is 5.05. The van der Waals surface area contributed by atoms with Gasteiger partial charge in [-0.15, -0.1) is 0 Å². The van der Waals surface area contributed by atoms with Crippen LogP contribution in [-0.2, 0) is 17.8 Å². The van der Waals surface area contributed by atoms with Gasteiger partial charge in [-0.05, 0) is 29.0 Å². The van der Waals surface area contributed by atoms with E-state index in [-0.39, 0.29) is 0 Å². The summed E-state index contributed by atoms with van der Waals surface area (Å²) in [4.78, 5) is 8.85. The third-order valence-electron chi connectivity index (χ3n) is 1.96. The topological polar surface area (TPSA) is 47.0 Å². The van der Waals surface area contributed by atoms with Gasteiger partial charge in [0.1, 0.15) is 12.4 Å². The molecule has 1 aromatic heterocycles. The molecule has 0 saturated heterocycles. The molecule has 1 aromatic rings. The first kappa shape index (κ1) is 12.6. The lowest BCUT2D eigenvalue weighted by atomic mass is 10.2. The minimum absolute atomic E-state index is 0.461. The number of nitrogens with zero attached hydrogens (tertiary/aromatic N) is 2. The molecule has 1 heterocycles. The van der Waals surface area contributed by atoms with Crippen molar-refractivity contribution in [3.8, 4) is 0 Å². The van der Waals surface area contributed by atoms with Gasteiger partial charge in [0.25, 0.3) is 0 Å². The van der Waals surface area contributed by atoms with Crippen LogP contribution in [0.4, 0.5) is 5.82 Å². The smallest absolute Gasteiger partial charge is 0.156 e. The molecule has 0 aliphatic rings. The molecule has 1 rings (SSSR count). The second-order valence-electron chi connectivity index (χ2n) is 3.18. The third kappa shape index (κ3) is 3.27. The predicted octanol–water partition coefficient (Wildman–Crippen LogP) is 2.22. The number of hydrogen-bond acceptors (Lipinski definition) is 4. The van der Waals surface area contributed by atoms with Gasteiger partial charge in [-0.3, -0.25) is 0 Å². The molecular weight excluding hydrogens is 305 g/mol. The number of aromatic nitrogens is 2. The first-order valence-electron chi connectivity index (χ1n) is 4.94. The van der Waals surface area contributed by atoms with Gasteiger partial charge in [-0.25, -0.2) is 9.97 Å². The van der Waals surface area contributed by atoms with Gasteiger partial charge in [-0.2, -0.15) is 0 Å². The van der Waals surface area contributed by atoms with E-state index in [1.165, 1.54) is 0 Å². The van der Waals surface area contributed by atoms with E-state index in [1.807, 2.05) is 7.05 Å². The van der Waals surface area contributed by atoms with Crippen LogP contribution < -0.4 is 5.32 Å². The van der Waals surface area contributed by atoms with E-state index in [9.17, 15) is 0 Å². The van der Waals surface area contributed by atoms with Gasteiger partial charge in [0.15, 0.2) is 5.82 Å². The molecule has 0 amide bonds. The Morgan fingerprint density at radius 2 is 2.13 bits per heavy atom. The number of ether oxygens (including phenoxy) is 1. The fourth-order valence-electron chi connectivity index (χ4n) is 1.31. The van der Waals surface area contributed by atoms with Crippen molar-refractivity contribution >= 4 is 28.4 Å². The summed E-state index contributed by atoms with van der Waals surface area (Å²) in [5.41, 5.74) is 1.10. The first-order valence-corrected chi connectivity index (χ1v) is 6.02. The van der Waals surface area contributed by atoms with Crippen molar-refractivity contribution in [2.45, 2.75) is 26.4 Å². The van der Waals surface area contributed by atoms with Crippen molar-refractivity contribution in [1.82, 2.24) is 9.97 Å². The lowest BCUT2D eigenvalue weighted by molar-refractivity contribution is 0.177. The predicted molar refractivity (Wildman–Crippen MR) is 69.0 cm³/mol. The van der Waals surface area contributed by atoms with Crippen LogP contribution in [0.1, 0.15) is 24.9 Å². The summed E-state index contributed by atoms with van der Waals surface area (Å²) in [6.45, 7) is 2.61. The van der Waals surface area contributed by atoms with Crippen LogP contribution in [0.15, 0.2) is 0 Å². The lowest BCUT2D eigenvalue weighted by Crippen LogP contribution is -2.08. The molecule has 1 N–H and O–H groups in total. The van der Waals surface area contributed by atoms with Gasteiger partial charge in [0.2, 0.25) is 0 Å². The van der Waals surface area contributed by atoms with Crippen LogP contribution in [-0.4, -0.2) is 24.1 Å². The summed E-state index contributed by atoms with van der Waals surface area (Å²) >= 11 is 2.28. The highest BCUT2D eigenvalue weighted by molar-refractivity contribution is 14.1. The van der Waals surface area contributed by atoms with Crippen LogP contribution in [0.5, 0.6) is 0 Å². The van der Waals surface area contributed by atoms with Crippen molar-refractivity contribution in [2.24, 2.45) is 0 Å². The van der Waals surface area contributed by atoms with E-state index < -0.39 is 0 Å². The Balaban J connectivity index is 3.07. The number of aryl methyl sites for hydroxylation is 1. The molecular formula is C10H16IN3O. The van der Waals surface area contributed by atoms with Gasteiger partial charge < -0.3 is 10.1 Å². The Kier molecular flexibility index (Phi) is 5.24. The quantitative estimate of drug-likeness (QED) is 0.845. The summed E-state index contributed by atoms with van der Waals surface area (Å²) in [5, 5.41) is 3.08. The summed E-state index contributed by atoms with van der Waals surface area (Å²) in [5.74, 6) is 1.63. The molecule has 0 aliphatic heterocycles. The molecule has 4 nitrogen and oxygen atoms in total. The van der Waals surface area contributed by atoms with E-state index in [1.54, 1.807) is 7.11 Å². The minimum Gasteiger partial charge on any atom is -0.377 e. The SMILES string of the molecule is CCCc1nc(COC)nc(NC)c1I. The minimum atomic E-state index is 0.461. The first-order chi connectivity index (χ1) is 7.22. The highest BCUT2D eigenvalue weighted by atomic mass is 127. The summed E-state index contributed by atoms with van der Waals surface area (Å²) in [6, 6.07) is 0. The fraction of sp³-hybridized carbons (Fsp3) is 0.600. The lowest BCUT2D eigenvalue weighted by Gasteiger charge is -2.10. The molecule has 0 saturated carbocycles. The zero-order valence-corrected chi connectivity index (χ0v) is 11.5.